The molecule has 0 spiro atoms. The van der Waals surface area contributed by atoms with Crippen LogP contribution >= 0.6 is 22.6 Å². The van der Waals surface area contributed by atoms with Crippen LogP contribution in [0.2, 0.25) is 0 Å². The molecule has 0 heterocycles. The molecular formula is C9H7I. The summed E-state index contributed by atoms with van der Waals surface area (Å²) in [6.45, 7) is 0. The Labute approximate surface area is 74.2 Å². The third kappa shape index (κ3) is 0.888. The molecule has 0 unspecified atom stereocenters. The molecule has 0 saturated heterocycles. The van der Waals surface area contributed by atoms with Crippen LogP contribution in [0.5, 0.6) is 0 Å². The van der Waals surface area contributed by atoms with Gasteiger partial charge in [-0.2, -0.15) is 0 Å². The van der Waals surface area contributed by atoms with Gasteiger partial charge in [0, 0.05) is 3.58 Å². The second-order valence-corrected chi connectivity index (χ2v) is 3.55. The first-order valence-electron chi connectivity index (χ1n) is 3.33. The molecule has 0 amide bonds. The summed E-state index contributed by atoms with van der Waals surface area (Å²) in [5, 5.41) is 0. The third-order valence-corrected chi connectivity index (χ3v) is 2.76. The van der Waals surface area contributed by atoms with Gasteiger partial charge in [0.15, 0.2) is 0 Å². The lowest BCUT2D eigenvalue weighted by atomic mass is 10.0. The van der Waals surface area contributed by atoms with E-state index in [1.807, 2.05) is 0 Å². The van der Waals surface area contributed by atoms with Crippen LogP contribution < -0.4 is 0 Å². The Kier molecular flexibility index (Phi) is 1.52. The summed E-state index contributed by atoms with van der Waals surface area (Å²) in [5.41, 5.74) is 2.79. The Bertz CT molecular complexity index is 277. The van der Waals surface area contributed by atoms with Crippen LogP contribution in [0.25, 0.3) is 0 Å². The van der Waals surface area contributed by atoms with Crippen LogP contribution in [-0.2, 0) is 0 Å². The summed E-state index contributed by atoms with van der Waals surface area (Å²) in [4.78, 5) is 0. The Hall–Kier alpha value is -0.310. The lowest BCUT2D eigenvalue weighted by Gasteiger charge is -2.07. The monoisotopic (exact) mass is 242 g/mol. The molecule has 0 aliphatic heterocycles. The molecule has 2 rings (SSSR count). The van der Waals surface area contributed by atoms with Gasteiger partial charge in [0.05, 0.1) is 0 Å². The summed E-state index contributed by atoms with van der Waals surface area (Å²) in [5.74, 6) is 0. The molecule has 0 aromatic carbocycles. The van der Waals surface area contributed by atoms with Crippen LogP contribution in [0, 0.1) is 0 Å². The molecule has 2 aliphatic carbocycles. The van der Waals surface area contributed by atoms with Crippen LogP contribution in [0.3, 0.4) is 0 Å². The Morgan fingerprint density at radius 3 is 3.00 bits per heavy atom. The van der Waals surface area contributed by atoms with E-state index in [1.54, 1.807) is 0 Å². The van der Waals surface area contributed by atoms with Gasteiger partial charge in [-0.3, -0.25) is 0 Å². The predicted octanol–water partition coefficient (Wildman–Crippen LogP) is 3.13. The van der Waals surface area contributed by atoms with Crippen molar-refractivity contribution >= 4 is 22.6 Å². The van der Waals surface area contributed by atoms with Gasteiger partial charge in [0.25, 0.3) is 0 Å². The molecule has 10 heavy (non-hydrogen) atoms. The molecule has 0 aromatic rings. The van der Waals surface area contributed by atoms with Gasteiger partial charge in [-0.25, -0.2) is 0 Å². The van der Waals surface area contributed by atoms with Crippen molar-refractivity contribution < 1.29 is 0 Å². The van der Waals surface area contributed by atoms with Crippen molar-refractivity contribution in [1.29, 1.82) is 0 Å². The van der Waals surface area contributed by atoms with E-state index in [-0.39, 0.29) is 0 Å². The van der Waals surface area contributed by atoms with Gasteiger partial charge < -0.3 is 0 Å². The van der Waals surface area contributed by atoms with E-state index in [9.17, 15) is 0 Å². The minimum Gasteiger partial charge on any atom is -0.0728 e. The van der Waals surface area contributed by atoms with Crippen LogP contribution in [0.1, 0.15) is 6.42 Å². The third-order valence-electron chi connectivity index (χ3n) is 1.74. The first-order chi connectivity index (χ1) is 4.88. The van der Waals surface area contributed by atoms with Crippen LogP contribution in [0.4, 0.5) is 0 Å². The maximum Gasteiger partial charge on any atom is 0.0171 e. The molecule has 0 radical (unpaired) electrons. The van der Waals surface area contributed by atoms with E-state index in [0.717, 1.165) is 6.42 Å². The molecule has 50 valence electrons. The van der Waals surface area contributed by atoms with E-state index in [1.165, 1.54) is 14.7 Å². The number of rotatable bonds is 0. The van der Waals surface area contributed by atoms with Gasteiger partial charge in [-0.1, -0.05) is 30.4 Å². The first-order valence-corrected chi connectivity index (χ1v) is 4.41. The number of allylic oxidation sites excluding steroid dienone is 8. The highest BCUT2D eigenvalue weighted by molar-refractivity contribution is 14.1. The summed E-state index contributed by atoms with van der Waals surface area (Å²) in [6, 6.07) is 0. The fraction of sp³-hybridized carbons (Fsp3) is 0.111. The number of fused-ring (bicyclic) bond motifs is 1. The zero-order chi connectivity index (χ0) is 6.97. The molecule has 0 N–H and O–H groups in total. The Morgan fingerprint density at radius 1 is 1.30 bits per heavy atom. The van der Waals surface area contributed by atoms with E-state index < -0.39 is 0 Å². The van der Waals surface area contributed by atoms with Gasteiger partial charge >= 0.3 is 0 Å². The second-order valence-electron chi connectivity index (χ2n) is 2.39. The normalized spacial score (nSPS) is 21.5. The summed E-state index contributed by atoms with van der Waals surface area (Å²) < 4.78 is 1.39. The highest BCUT2D eigenvalue weighted by Gasteiger charge is 2.11. The van der Waals surface area contributed by atoms with Gasteiger partial charge in [0.1, 0.15) is 0 Å². The highest BCUT2D eigenvalue weighted by Crippen LogP contribution is 2.33. The SMILES string of the molecule is IC1=CCC=C2C=CC=C12. The van der Waals surface area contributed by atoms with Crippen molar-refractivity contribution in [2.75, 3.05) is 0 Å². The molecule has 0 aromatic heterocycles. The lowest BCUT2D eigenvalue weighted by molar-refractivity contribution is 1.30. The van der Waals surface area contributed by atoms with Crippen molar-refractivity contribution in [2.45, 2.75) is 6.42 Å². The molecule has 1 heteroatoms. The van der Waals surface area contributed by atoms with Crippen molar-refractivity contribution in [3.63, 3.8) is 0 Å². The molecule has 0 bridgehead atoms. The predicted molar refractivity (Wildman–Crippen MR) is 52.0 cm³/mol. The van der Waals surface area contributed by atoms with Crippen LogP contribution in [-0.4, -0.2) is 0 Å². The highest BCUT2D eigenvalue weighted by atomic mass is 127. The Balaban J connectivity index is 2.46. The summed E-state index contributed by atoms with van der Waals surface area (Å²) in [7, 11) is 0. The molecule has 2 aliphatic rings. The maximum atomic E-state index is 2.39. The van der Waals surface area contributed by atoms with Crippen molar-refractivity contribution in [2.24, 2.45) is 0 Å². The average Bonchev–Trinajstić information content (AvgIpc) is 2.36. The second kappa shape index (κ2) is 2.38. The molecule has 0 atom stereocenters. The molecule has 0 fully saturated rings. The van der Waals surface area contributed by atoms with E-state index in [4.69, 9.17) is 0 Å². The van der Waals surface area contributed by atoms with Crippen molar-refractivity contribution in [1.82, 2.24) is 0 Å². The number of halogens is 1. The molecular weight excluding hydrogens is 235 g/mol. The minimum atomic E-state index is 1.09. The Morgan fingerprint density at radius 2 is 2.20 bits per heavy atom. The topological polar surface area (TPSA) is 0 Å². The fourth-order valence-corrected chi connectivity index (χ4v) is 1.97. The summed E-state index contributed by atoms with van der Waals surface area (Å²) in [6.07, 6.45) is 12.1. The van der Waals surface area contributed by atoms with E-state index in [0.29, 0.717) is 0 Å². The van der Waals surface area contributed by atoms with E-state index in [2.05, 4.69) is 53.0 Å². The van der Waals surface area contributed by atoms with Crippen molar-refractivity contribution in [3.8, 4) is 0 Å². The molecule has 0 saturated carbocycles. The van der Waals surface area contributed by atoms with Crippen LogP contribution in [0.15, 0.2) is 45.1 Å². The number of hydrogen-bond acceptors (Lipinski definition) is 0. The van der Waals surface area contributed by atoms with Gasteiger partial charge in [0.2, 0.25) is 0 Å². The van der Waals surface area contributed by atoms with Gasteiger partial charge in [-0.15, -0.1) is 0 Å². The zero-order valence-corrected chi connectivity index (χ0v) is 7.63. The smallest absolute Gasteiger partial charge is 0.0171 e. The average molecular weight is 242 g/mol. The lowest BCUT2D eigenvalue weighted by Crippen LogP contribution is -1.87. The summed E-state index contributed by atoms with van der Waals surface area (Å²) >= 11 is 2.39. The van der Waals surface area contributed by atoms with E-state index >= 15 is 0 Å². The fourth-order valence-electron chi connectivity index (χ4n) is 1.23. The minimum absolute atomic E-state index is 1.09. The molecule has 0 nitrogen and oxygen atoms in total. The number of hydrogen-bond donors (Lipinski definition) is 0. The van der Waals surface area contributed by atoms with Gasteiger partial charge in [-0.05, 0) is 40.2 Å². The zero-order valence-electron chi connectivity index (χ0n) is 5.47. The quantitative estimate of drug-likeness (QED) is 0.572. The maximum absolute atomic E-state index is 2.39. The first kappa shape index (κ1) is 6.40. The largest absolute Gasteiger partial charge is 0.0728 e. The van der Waals surface area contributed by atoms with Crippen molar-refractivity contribution in [3.05, 3.63) is 45.1 Å². The standard InChI is InChI=1S/C9H7I/c10-9-6-2-4-7-3-1-5-8(7)9/h1,3-6H,2H2.